The molecule has 0 bridgehead atoms. The van der Waals surface area contributed by atoms with Gasteiger partial charge in [-0.1, -0.05) is 11.2 Å². The molecule has 8 heteroatoms. The van der Waals surface area contributed by atoms with Crippen molar-refractivity contribution < 1.29 is 9.32 Å². The molecular formula is C20H23N5O3. The summed E-state index contributed by atoms with van der Waals surface area (Å²) in [4.78, 5) is 33.0. The Morgan fingerprint density at radius 1 is 1.29 bits per heavy atom. The van der Waals surface area contributed by atoms with Crippen molar-refractivity contribution >= 4 is 5.91 Å². The fourth-order valence-corrected chi connectivity index (χ4v) is 2.94. The quantitative estimate of drug-likeness (QED) is 0.674. The number of nitrogens with zero attached hydrogens (tertiary/aromatic N) is 4. The SMILES string of the molecule is Cc1ccc(-c2noc(CCC(=O)NCc3cccnc3)n2)c(=O)n1C(C)C. The van der Waals surface area contributed by atoms with Crippen molar-refractivity contribution in [1.82, 2.24) is 25.0 Å². The van der Waals surface area contributed by atoms with Crippen LogP contribution in [0.3, 0.4) is 0 Å². The summed E-state index contributed by atoms with van der Waals surface area (Å²) in [6, 6.07) is 7.30. The molecule has 146 valence electrons. The molecule has 0 radical (unpaired) electrons. The highest BCUT2D eigenvalue weighted by atomic mass is 16.5. The molecule has 3 aromatic rings. The number of aromatic nitrogens is 4. The van der Waals surface area contributed by atoms with Gasteiger partial charge in [-0.3, -0.25) is 14.6 Å². The maximum Gasteiger partial charge on any atom is 0.262 e. The summed E-state index contributed by atoms with van der Waals surface area (Å²) in [7, 11) is 0. The van der Waals surface area contributed by atoms with E-state index in [9.17, 15) is 9.59 Å². The number of carbonyl (C=O) groups is 1. The van der Waals surface area contributed by atoms with Crippen LogP contribution in [-0.2, 0) is 17.8 Å². The third kappa shape index (κ3) is 4.51. The van der Waals surface area contributed by atoms with Crippen LogP contribution >= 0.6 is 0 Å². The van der Waals surface area contributed by atoms with Crippen LogP contribution in [0.25, 0.3) is 11.4 Å². The molecule has 0 saturated heterocycles. The van der Waals surface area contributed by atoms with Gasteiger partial charge >= 0.3 is 0 Å². The first-order valence-corrected chi connectivity index (χ1v) is 9.16. The van der Waals surface area contributed by atoms with Crippen LogP contribution in [0.4, 0.5) is 0 Å². The fraction of sp³-hybridized carbons (Fsp3) is 0.350. The Balaban J connectivity index is 1.62. The van der Waals surface area contributed by atoms with Gasteiger partial charge in [0.15, 0.2) is 0 Å². The Hall–Kier alpha value is -3.29. The molecule has 0 saturated carbocycles. The number of carbonyl (C=O) groups excluding carboxylic acids is 1. The van der Waals surface area contributed by atoms with Crippen LogP contribution in [0.1, 0.15) is 43.5 Å². The molecule has 3 rings (SSSR count). The number of hydrogen-bond donors (Lipinski definition) is 1. The van der Waals surface area contributed by atoms with Crippen LogP contribution in [0.2, 0.25) is 0 Å². The first-order valence-electron chi connectivity index (χ1n) is 9.16. The maximum atomic E-state index is 12.7. The van der Waals surface area contributed by atoms with E-state index in [1.54, 1.807) is 23.0 Å². The number of rotatable bonds is 7. The average molecular weight is 381 g/mol. The Morgan fingerprint density at radius 2 is 2.11 bits per heavy atom. The molecule has 0 fully saturated rings. The molecule has 0 aromatic carbocycles. The summed E-state index contributed by atoms with van der Waals surface area (Å²) < 4.78 is 6.91. The highest BCUT2D eigenvalue weighted by Gasteiger charge is 2.16. The Morgan fingerprint density at radius 3 is 2.82 bits per heavy atom. The maximum absolute atomic E-state index is 12.7. The summed E-state index contributed by atoms with van der Waals surface area (Å²) in [6.45, 7) is 6.20. The van der Waals surface area contributed by atoms with E-state index < -0.39 is 0 Å². The minimum Gasteiger partial charge on any atom is -0.352 e. The highest BCUT2D eigenvalue weighted by Crippen LogP contribution is 2.15. The van der Waals surface area contributed by atoms with Gasteiger partial charge in [0.2, 0.25) is 17.6 Å². The molecule has 0 spiro atoms. The number of nitrogens with one attached hydrogen (secondary N) is 1. The lowest BCUT2D eigenvalue weighted by atomic mass is 10.2. The normalized spacial score (nSPS) is 11.0. The topological polar surface area (TPSA) is 103 Å². The number of hydrogen-bond acceptors (Lipinski definition) is 6. The van der Waals surface area contributed by atoms with Gasteiger partial charge in [0.1, 0.15) is 0 Å². The first-order chi connectivity index (χ1) is 13.5. The monoisotopic (exact) mass is 381 g/mol. The van der Waals surface area contributed by atoms with Crippen LogP contribution in [0.15, 0.2) is 46.0 Å². The Labute approximate surface area is 162 Å². The van der Waals surface area contributed by atoms with Crippen molar-refractivity contribution in [2.45, 2.75) is 46.2 Å². The second kappa shape index (κ2) is 8.60. The van der Waals surface area contributed by atoms with E-state index in [4.69, 9.17) is 4.52 Å². The second-order valence-electron chi connectivity index (χ2n) is 6.81. The van der Waals surface area contributed by atoms with Gasteiger partial charge in [-0.15, -0.1) is 0 Å². The second-order valence-corrected chi connectivity index (χ2v) is 6.81. The minimum atomic E-state index is -0.156. The molecular weight excluding hydrogens is 358 g/mol. The van der Waals surface area contributed by atoms with Gasteiger partial charge in [-0.05, 0) is 44.5 Å². The zero-order valence-corrected chi connectivity index (χ0v) is 16.2. The van der Waals surface area contributed by atoms with E-state index in [1.807, 2.05) is 39.0 Å². The minimum absolute atomic E-state index is 0.0299. The van der Waals surface area contributed by atoms with Gasteiger partial charge in [0.05, 0.1) is 5.56 Å². The van der Waals surface area contributed by atoms with Crippen molar-refractivity contribution in [2.75, 3.05) is 0 Å². The molecule has 1 amide bonds. The van der Waals surface area contributed by atoms with Gasteiger partial charge in [0, 0.05) is 43.5 Å². The zero-order chi connectivity index (χ0) is 20.1. The molecule has 0 aliphatic carbocycles. The third-order valence-corrected chi connectivity index (χ3v) is 4.32. The lowest BCUT2D eigenvalue weighted by Crippen LogP contribution is -2.25. The van der Waals surface area contributed by atoms with Crippen molar-refractivity contribution in [2.24, 2.45) is 0 Å². The lowest BCUT2D eigenvalue weighted by molar-refractivity contribution is -0.121. The van der Waals surface area contributed by atoms with E-state index in [0.717, 1.165) is 11.3 Å². The summed E-state index contributed by atoms with van der Waals surface area (Å²) in [6.07, 6.45) is 3.90. The predicted molar refractivity (Wildman–Crippen MR) is 104 cm³/mol. The molecule has 3 aromatic heterocycles. The van der Waals surface area contributed by atoms with E-state index in [1.165, 1.54) is 0 Å². The van der Waals surface area contributed by atoms with E-state index in [0.29, 0.717) is 24.4 Å². The van der Waals surface area contributed by atoms with Crippen LogP contribution in [0.5, 0.6) is 0 Å². The van der Waals surface area contributed by atoms with Crippen LogP contribution in [0, 0.1) is 6.92 Å². The largest absolute Gasteiger partial charge is 0.352 e. The van der Waals surface area contributed by atoms with E-state index in [2.05, 4.69) is 20.4 Å². The van der Waals surface area contributed by atoms with Crippen molar-refractivity contribution in [3.8, 4) is 11.4 Å². The summed E-state index contributed by atoms with van der Waals surface area (Å²) in [5, 5.41) is 6.73. The summed E-state index contributed by atoms with van der Waals surface area (Å²) in [5.74, 6) is 0.439. The zero-order valence-electron chi connectivity index (χ0n) is 16.2. The van der Waals surface area contributed by atoms with Gasteiger partial charge < -0.3 is 14.4 Å². The lowest BCUT2D eigenvalue weighted by Gasteiger charge is -2.14. The standard InChI is InChI=1S/C20H23N5O3/c1-13(2)25-14(3)6-7-16(20(25)27)19-23-18(28-24-19)9-8-17(26)22-12-15-5-4-10-21-11-15/h4-7,10-11,13H,8-9,12H2,1-3H3,(H,22,26). The Bertz CT molecular complexity index is 1010. The fourth-order valence-electron chi connectivity index (χ4n) is 2.94. The summed E-state index contributed by atoms with van der Waals surface area (Å²) in [5.41, 5.74) is 2.03. The van der Waals surface area contributed by atoms with Crippen LogP contribution in [-0.4, -0.2) is 25.6 Å². The van der Waals surface area contributed by atoms with Gasteiger partial charge in [-0.2, -0.15) is 4.98 Å². The van der Waals surface area contributed by atoms with Crippen molar-refractivity contribution in [1.29, 1.82) is 0 Å². The van der Waals surface area contributed by atoms with Gasteiger partial charge in [-0.25, -0.2) is 0 Å². The molecule has 0 aliphatic rings. The van der Waals surface area contributed by atoms with Crippen molar-refractivity contribution in [3.05, 3.63) is 64.2 Å². The number of aryl methyl sites for hydroxylation is 2. The summed E-state index contributed by atoms with van der Waals surface area (Å²) >= 11 is 0. The van der Waals surface area contributed by atoms with E-state index >= 15 is 0 Å². The van der Waals surface area contributed by atoms with Crippen LogP contribution < -0.4 is 10.9 Å². The molecule has 0 atom stereocenters. The molecule has 8 nitrogen and oxygen atoms in total. The Kier molecular flexibility index (Phi) is 5.98. The smallest absolute Gasteiger partial charge is 0.262 e. The molecule has 1 N–H and O–H groups in total. The number of pyridine rings is 2. The average Bonchev–Trinajstić information content (AvgIpc) is 3.14. The highest BCUT2D eigenvalue weighted by molar-refractivity contribution is 5.76. The van der Waals surface area contributed by atoms with Crippen molar-refractivity contribution in [3.63, 3.8) is 0 Å². The molecule has 28 heavy (non-hydrogen) atoms. The van der Waals surface area contributed by atoms with Gasteiger partial charge in [0.25, 0.3) is 5.56 Å². The molecule has 0 aliphatic heterocycles. The predicted octanol–water partition coefficient (Wildman–Crippen LogP) is 2.43. The first kappa shape index (κ1) is 19.5. The molecule has 0 unspecified atom stereocenters. The van der Waals surface area contributed by atoms with E-state index in [-0.39, 0.29) is 29.8 Å². The number of amides is 1. The molecule has 3 heterocycles. The third-order valence-electron chi connectivity index (χ3n) is 4.32.